The maximum atomic E-state index is 9.91. The van der Waals surface area contributed by atoms with Gasteiger partial charge in [-0.3, -0.25) is 0 Å². The number of aliphatic hydroxyl groups is 3. The van der Waals surface area contributed by atoms with E-state index in [1.54, 1.807) is 0 Å². The fourth-order valence-corrected chi connectivity index (χ4v) is 2.07. The van der Waals surface area contributed by atoms with Crippen molar-refractivity contribution in [2.45, 2.75) is 44.1 Å². The number of rotatable bonds is 5. The molecule has 3 atom stereocenters. The smallest absolute Gasteiger partial charge is 0.421 e. The van der Waals surface area contributed by atoms with Crippen LogP contribution in [0.5, 0.6) is 5.88 Å². The van der Waals surface area contributed by atoms with E-state index in [0.29, 0.717) is 24.4 Å². The van der Waals surface area contributed by atoms with Gasteiger partial charge in [0.05, 0.1) is 6.61 Å². The molecule has 0 aliphatic carbocycles. The normalized spacial score (nSPS) is 25.5. The van der Waals surface area contributed by atoms with Crippen LogP contribution in [-0.4, -0.2) is 34.1 Å². The molecule has 2 heterocycles. The Balaban J connectivity index is 2.09. The van der Waals surface area contributed by atoms with Crippen LogP contribution in [0.25, 0.3) is 0 Å². The molecule has 6 nitrogen and oxygen atoms in total. The molecule has 1 aliphatic rings. The monoisotopic (exact) mass is 268 g/mol. The van der Waals surface area contributed by atoms with E-state index in [-0.39, 0.29) is 6.61 Å². The number of nitrogens with zero attached hydrogens (tertiary/aromatic N) is 1. The molecule has 0 radical (unpaired) electrons. The zero-order valence-corrected chi connectivity index (χ0v) is 10.5. The largest absolute Gasteiger partial charge is 0.433 e. The minimum absolute atomic E-state index is 0.359. The summed E-state index contributed by atoms with van der Waals surface area (Å²) in [6.45, 7) is 0.192. The topological polar surface area (TPSA) is 86.9 Å². The maximum Gasteiger partial charge on any atom is 0.421 e. The lowest BCUT2D eigenvalue weighted by atomic mass is 10.0. The van der Waals surface area contributed by atoms with Crippen molar-refractivity contribution in [1.82, 2.24) is 0 Å². The average molecular weight is 268 g/mol. The summed E-state index contributed by atoms with van der Waals surface area (Å²) in [6, 6.07) is 0. The van der Waals surface area contributed by atoms with Crippen LogP contribution in [0, 0.1) is 12.3 Å². The van der Waals surface area contributed by atoms with Gasteiger partial charge in [-0.25, -0.2) is 4.52 Å². The van der Waals surface area contributed by atoms with Gasteiger partial charge < -0.3 is 20.1 Å². The molecular weight excluding hydrogens is 250 g/mol. The van der Waals surface area contributed by atoms with Gasteiger partial charge >= 0.3 is 5.88 Å². The Morgan fingerprint density at radius 3 is 2.84 bits per heavy atom. The number of unbranched alkanes of at least 4 members (excludes halogenated alkanes) is 2. The van der Waals surface area contributed by atoms with Gasteiger partial charge in [0.15, 0.2) is 18.9 Å². The fourth-order valence-electron chi connectivity index (χ4n) is 2.07. The molecule has 1 aliphatic heterocycles. The third-order valence-electron chi connectivity index (χ3n) is 3.18. The lowest BCUT2D eigenvalue weighted by Gasteiger charge is -2.27. The maximum absolute atomic E-state index is 9.91. The van der Waals surface area contributed by atoms with E-state index in [4.69, 9.17) is 20.8 Å². The predicted molar refractivity (Wildman–Crippen MR) is 64.1 cm³/mol. The van der Waals surface area contributed by atoms with E-state index in [1.165, 1.54) is 11.0 Å². The third kappa shape index (κ3) is 2.73. The van der Waals surface area contributed by atoms with Gasteiger partial charge in [-0.2, -0.15) is 0 Å². The van der Waals surface area contributed by atoms with Gasteiger partial charge in [0, 0.05) is 17.6 Å². The number of hydrogen-bond donors (Lipinski definition) is 3. The number of aryl methyl sites for hydroxylation is 1. The zero-order chi connectivity index (χ0) is 13.8. The molecule has 19 heavy (non-hydrogen) atoms. The number of hydrogen-bond acceptors (Lipinski definition) is 5. The molecule has 2 rings (SSSR count). The minimum atomic E-state index is -1.16. The first kappa shape index (κ1) is 13.9. The SMILES string of the molecule is C#CCCCC[n+]1occ2c1OC(CO)[C@@H](O)[C@@H]2O. The van der Waals surface area contributed by atoms with E-state index in [0.717, 1.165) is 12.8 Å². The van der Waals surface area contributed by atoms with E-state index in [9.17, 15) is 10.2 Å². The number of aliphatic hydroxyl groups excluding tert-OH is 3. The Kier molecular flexibility index (Phi) is 4.43. The average Bonchev–Trinajstić information content (AvgIpc) is 2.82. The highest BCUT2D eigenvalue weighted by Gasteiger charge is 2.43. The summed E-state index contributed by atoms with van der Waals surface area (Å²) >= 11 is 0. The second kappa shape index (κ2) is 6.06. The van der Waals surface area contributed by atoms with Crippen molar-refractivity contribution in [3.05, 3.63) is 11.8 Å². The summed E-state index contributed by atoms with van der Waals surface area (Å²) in [5.41, 5.74) is 0.397. The van der Waals surface area contributed by atoms with Crippen LogP contribution in [0.1, 0.15) is 30.9 Å². The molecule has 6 heteroatoms. The van der Waals surface area contributed by atoms with E-state index < -0.39 is 18.3 Å². The quantitative estimate of drug-likeness (QED) is 0.381. The Labute approximate surface area is 111 Å². The van der Waals surface area contributed by atoms with E-state index >= 15 is 0 Å². The lowest BCUT2D eigenvalue weighted by Crippen LogP contribution is -2.46. The summed E-state index contributed by atoms with van der Waals surface area (Å²) in [5, 5.41) is 28.8. The first-order chi connectivity index (χ1) is 9.19. The molecule has 0 saturated heterocycles. The Morgan fingerprint density at radius 2 is 2.16 bits per heavy atom. The molecule has 1 unspecified atom stereocenters. The Hall–Kier alpha value is -1.55. The van der Waals surface area contributed by atoms with E-state index in [1.807, 2.05) is 0 Å². The van der Waals surface area contributed by atoms with Crippen LogP contribution < -0.4 is 9.48 Å². The summed E-state index contributed by atoms with van der Waals surface area (Å²) in [4.78, 5) is 0. The van der Waals surface area contributed by atoms with Crippen molar-refractivity contribution in [2.24, 2.45) is 0 Å². The summed E-state index contributed by atoms with van der Waals surface area (Å²) in [7, 11) is 0. The summed E-state index contributed by atoms with van der Waals surface area (Å²) < 4.78 is 12.3. The molecular formula is C13H18NO5+. The molecule has 0 aromatic carbocycles. The highest BCUT2D eigenvalue weighted by molar-refractivity contribution is 5.24. The molecule has 1 aromatic rings. The zero-order valence-electron chi connectivity index (χ0n) is 10.5. The standard InChI is InChI=1S/C13H18NO5/c1-2-3-4-5-6-14-13-9(8-18-14)11(16)12(17)10(7-15)19-13/h1,8,10-12,15-17H,3-7H2/q+1/t10?,11-,12-/m1/s1. The molecule has 1 aromatic heterocycles. The highest BCUT2D eigenvalue weighted by atomic mass is 16.6. The first-order valence-corrected chi connectivity index (χ1v) is 6.28. The summed E-state index contributed by atoms with van der Waals surface area (Å²) in [6.07, 6.45) is 5.80. The number of ether oxygens (including phenoxy) is 1. The van der Waals surface area contributed by atoms with Gasteiger partial charge in [-0.05, 0) is 6.42 Å². The van der Waals surface area contributed by atoms with Gasteiger partial charge in [0.1, 0.15) is 17.8 Å². The highest BCUT2D eigenvalue weighted by Crippen LogP contribution is 2.32. The second-order valence-electron chi connectivity index (χ2n) is 4.52. The van der Waals surface area contributed by atoms with Crippen LogP contribution >= 0.6 is 0 Å². The molecule has 0 saturated carbocycles. The van der Waals surface area contributed by atoms with Crippen molar-refractivity contribution >= 4 is 0 Å². The summed E-state index contributed by atoms with van der Waals surface area (Å²) in [5.74, 6) is 2.92. The Morgan fingerprint density at radius 1 is 1.37 bits per heavy atom. The molecule has 3 N–H and O–H groups in total. The molecule has 0 spiro atoms. The van der Waals surface area contributed by atoms with Gasteiger partial charge in [0.2, 0.25) is 0 Å². The molecule has 0 bridgehead atoms. The van der Waals surface area contributed by atoms with Crippen molar-refractivity contribution in [3.8, 4) is 18.2 Å². The van der Waals surface area contributed by atoms with Crippen molar-refractivity contribution in [3.63, 3.8) is 0 Å². The van der Waals surface area contributed by atoms with Crippen LogP contribution in [0.2, 0.25) is 0 Å². The number of terminal acetylenes is 1. The van der Waals surface area contributed by atoms with Crippen LogP contribution in [-0.2, 0) is 6.54 Å². The van der Waals surface area contributed by atoms with Crippen LogP contribution in [0.3, 0.4) is 0 Å². The van der Waals surface area contributed by atoms with Crippen molar-refractivity contribution in [2.75, 3.05) is 6.61 Å². The minimum Gasteiger partial charge on any atom is -0.433 e. The fraction of sp³-hybridized carbons (Fsp3) is 0.615. The van der Waals surface area contributed by atoms with Gasteiger partial charge in [-0.1, -0.05) is 0 Å². The van der Waals surface area contributed by atoms with E-state index in [2.05, 4.69) is 5.92 Å². The molecule has 104 valence electrons. The first-order valence-electron chi connectivity index (χ1n) is 6.28. The number of aromatic nitrogens is 1. The molecule has 0 amide bonds. The molecule has 0 fully saturated rings. The predicted octanol–water partition coefficient (Wildman–Crippen LogP) is -0.482. The second-order valence-corrected chi connectivity index (χ2v) is 4.52. The van der Waals surface area contributed by atoms with Gasteiger partial charge in [-0.15, -0.1) is 12.3 Å². The lowest BCUT2D eigenvalue weighted by molar-refractivity contribution is -0.866. The van der Waals surface area contributed by atoms with Crippen LogP contribution in [0.4, 0.5) is 0 Å². The van der Waals surface area contributed by atoms with Crippen molar-refractivity contribution in [1.29, 1.82) is 0 Å². The number of fused-ring (bicyclic) bond motifs is 1. The van der Waals surface area contributed by atoms with Gasteiger partial charge in [0.25, 0.3) is 0 Å². The van der Waals surface area contributed by atoms with Crippen LogP contribution in [0.15, 0.2) is 10.8 Å². The Bertz CT molecular complexity index is 464. The third-order valence-corrected chi connectivity index (χ3v) is 3.18. The van der Waals surface area contributed by atoms with Crippen molar-refractivity contribution < 1.29 is 29.3 Å².